The lowest BCUT2D eigenvalue weighted by Gasteiger charge is -2.25. The monoisotopic (exact) mass is 800 g/mol. The summed E-state index contributed by atoms with van der Waals surface area (Å²) in [7, 11) is 3.96. The van der Waals surface area contributed by atoms with Crippen molar-refractivity contribution in [3.05, 3.63) is 140 Å². The molecule has 0 radical (unpaired) electrons. The standard InChI is InChI=1S/C45H45ClN6O6/c1-28-33(26-58-42-19-41(57-25-31-16-30(20-47)21-48-22-31)34(17-38(42)46)23-50-45(3,27-53)44(55)56)8-6-10-36(28)37-11-7-9-35(29(37)2)32-12-13-40-39(18-32)49-24-43(54)52(40)15-14-51(4)5/h6-13,16-19,21-22,24,50,53H,14-15,23,25-27H2,1-5H3,(H,55,56)/t45-/m0/s1. The summed E-state index contributed by atoms with van der Waals surface area (Å²) in [6.07, 6.45) is 4.44. The van der Waals surface area contributed by atoms with Gasteiger partial charge in [0, 0.05) is 49.2 Å². The second-order valence-corrected chi connectivity index (χ2v) is 15.0. The van der Waals surface area contributed by atoms with Crippen molar-refractivity contribution >= 4 is 28.6 Å². The number of aliphatic carboxylic acids is 1. The van der Waals surface area contributed by atoms with Gasteiger partial charge in [-0.05, 0) is 98.1 Å². The van der Waals surface area contributed by atoms with Gasteiger partial charge in [-0.1, -0.05) is 54.1 Å². The molecule has 0 saturated carbocycles. The zero-order chi connectivity index (χ0) is 41.6. The Morgan fingerprint density at radius 1 is 0.931 bits per heavy atom. The summed E-state index contributed by atoms with van der Waals surface area (Å²) in [6, 6.07) is 25.4. The van der Waals surface area contributed by atoms with E-state index in [4.69, 9.17) is 21.1 Å². The topological polar surface area (TPSA) is 163 Å². The molecule has 4 aromatic carbocycles. The molecule has 12 nitrogen and oxygen atoms in total. The van der Waals surface area contributed by atoms with E-state index in [0.29, 0.717) is 34.7 Å². The van der Waals surface area contributed by atoms with E-state index in [1.807, 2.05) is 55.4 Å². The van der Waals surface area contributed by atoms with Gasteiger partial charge >= 0.3 is 5.97 Å². The molecular formula is C45H45ClN6O6. The van der Waals surface area contributed by atoms with Gasteiger partial charge in [0.25, 0.3) is 5.56 Å². The summed E-state index contributed by atoms with van der Waals surface area (Å²) in [5.74, 6) is -0.483. The third-order valence-electron chi connectivity index (χ3n) is 10.3. The number of aliphatic hydroxyl groups excluding tert-OH is 1. The van der Waals surface area contributed by atoms with Crippen LogP contribution in [0.3, 0.4) is 0 Å². The number of halogens is 1. The maximum Gasteiger partial charge on any atom is 0.326 e. The molecular weight excluding hydrogens is 756 g/mol. The summed E-state index contributed by atoms with van der Waals surface area (Å²) in [5, 5.41) is 32.0. The van der Waals surface area contributed by atoms with E-state index in [-0.39, 0.29) is 30.3 Å². The van der Waals surface area contributed by atoms with Crippen LogP contribution in [0.5, 0.6) is 11.5 Å². The number of carboxylic acid groups (broad SMARTS) is 1. The molecule has 0 bridgehead atoms. The number of carboxylic acids is 1. The minimum Gasteiger partial charge on any atom is -0.488 e. The lowest BCUT2D eigenvalue weighted by atomic mass is 9.89. The highest BCUT2D eigenvalue weighted by molar-refractivity contribution is 6.32. The number of nitriles is 1. The molecule has 0 saturated heterocycles. The van der Waals surface area contributed by atoms with Crippen LogP contribution in [0, 0.1) is 25.2 Å². The molecule has 3 N–H and O–H groups in total. The first-order valence-electron chi connectivity index (χ1n) is 18.7. The third kappa shape index (κ3) is 9.20. The number of nitrogens with zero attached hydrogens (tertiary/aromatic N) is 5. The summed E-state index contributed by atoms with van der Waals surface area (Å²) >= 11 is 6.77. The van der Waals surface area contributed by atoms with Gasteiger partial charge in [-0.2, -0.15) is 5.26 Å². The Hall–Kier alpha value is -6.10. The Balaban J connectivity index is 1.27. The van der Waals surface area contributed by atoms with E-state index < -0.39 is 18.1 Å². The van der Waals surface area contributed by atoms with E-state index in [1.165, 1.54) is 19.3 Å². The van der Waals surface area contributed by atoms with Crippen molar-refractivity contribution in [1.29, 1.82) is 5.26 Å². The maximum atomic E-state index is 12.7. The van der Waals surface area contributed by atoms with Crippen LogP contribution in [-0.4, -0.2) is 68.4 Å². The van der Waals surface area contributed by atoms with Crippen LogP contribution in [0.1, 0.15) is 40.3 Å². The third-order valence-corrected chi connectivity index (χ3v) is 10.6. The van der Waals surface area contributed by atoms with E-state index in [9.17, 15) is 25.1 Å². The minimum atomic E-state index is -1.60. The predicted molar refractivity (Wildman–Crippen MR) is 224 cm³/mol. The molecule has 2 aromatic heterocycles. The zero-order valence-corrected chi connectivity index (χ0v) is 33.8. The average molecular weight is 801 g/mol. The van der Waals surface area contributed by atoms with Crippen molar-refractivity contribution in [1.82, 2.24) is 24.8 Å². The first-order chi connectivity index (χ1) is 27.8. The average Bonchev–Trinajstić information content (AvgIpc) is 3.22. The van der Waals surface area contributed by atoms with Crippen molar-refractivity contribution in [3.8, 4) is 39.8 Å². The van der Waals surface area contributed by atoms with Crippen LogP contribution in [0.25, 0.3) is 33.3 Å². The molecule has 6 rings (SSSR count). The van der Waals surface area contributed by atoms with Crippen LogP contribution in [0.4, 0.5) is 0 Å². The Kier molecular flexibility index (Phi) is 12.9. The summed E-state index contributed by atoms with van der Waals surface area (Å²) < 4.78 is 14.3. The van der Waals surface area contributed by atoms with Gasteiger partial charge in [0.15, 0.2) is 0 Å². The van der Waals surface area contributed by atoms with Crippen LogP contribution in [0.2, 0.25) is 5.02 Å². The highest BCUT2D eigenvalue weighted by atomic mass is 35.5. The molecule has 1 atom stereocenters. The number of hydrogen-bond donors (Lipinski definition) is 3. The van der Waals surface area contributed by atoms with Gasteiger partial charge in [0.1, 0.15) is 36.3 Å². The van der Waals surface area contributed by atoms with Crippen molar-refractivity contribution in [2.45, 2.75) is 52.6 Å². The molecule has 0 aliphatic rings. The highest BCUT2D eigenvalue weighted by Gasteiger charge is 2.32. The Bertz CT molecular complexity index is 2590. The summed E-state index contributed by atoms with van der Waals surface area (Å²) in [5.41, 5.74) is 8.64. The molecule has 6 aromatic rings. The lowest BCUT2D eigenvalue weighted by Crippen LogP contribution is -2.52. The van der Waals surface area contributed by atoms with E-state index in [1.54, 1.807) is 29.0 Å². The zero-order valence-electron chi connectivity index (χ0n) is 33.0. The number of rotatable bonds is 16. The molecule has 0 unspecified atom stereocenters. The fourth-order valence-corrected chi connectivity index (χ4v) is 6.87. The molecule has 13 heteroatoms. The van der Waals surface area contributed by atoms with Crippen LogP contribution < -0.4 is 20.3 Å². The van der Waals surface area contributed by atoms with Gasteiger partial charge in [-0.25, -0.2) is 4.98 Å². The molecule has 0 amide bonds. The Morgan fingerprint density at radius 2 is 1.66 bits per heavy atom. The lowest BCUT2D eigenvalue weighted by molar-refractivity contribution is -0.145. The van der Waals surface area contributed by atoms with Crippen LogP contribution in [-0.2, 0) is 31.1 Å². The number of aliphatic hydroxyl groups is 1. The smallest absolute Gasteiger partial charge is 0.326 e. The summed E-state index contributed by atoms with van der Waals surface area (Å²) in [6.45, 7) is 6.49. The Morgan fingerprint density at radius 3 is 2.38 bits per heavy atom. The SMILES string of the molecule is Cc1c(COc2cc(OCc3cncc(C#N)c3)c(CN[C@@](C)(CO)C(=O)O)cc2Cl)cccc1-c1cccc(-c2ccc3c(c2)ncc(=O)n3CCN(C)C)c1C. The summed E-state index contributed by atoms with van der Waals surface area (Å²) in [4.78, 5) is 35.2. The van der Waals surface area contributed by atoms with E-state index >= 15 is 0 Å². The Labute approximate surface area is 341 Å². The van der Waals surface area contributed by atoms with Gasteiger partial charge in [-0.3, -0.25) is 19.9 Å². The first-order valence-corrected chi connectivity index (χ1v) is 19.0. The molecule has 0 fully saturated rings. The minimum absolute atomic E-state index is 0.0162. The van der Waals surface area contributed by atoms with Gasteiger partial charge in [-0.15, -0.1) is 0 Å². The number of aromatic nitrogens is 3. The van der Waals surface area contributed by atoms with Crippen LogP contribution in [0.15, 0.2) is 96.2 Å². The number of benzene rings is 4. The number of nitrogens with one attached hydrogen (secondary N) is 1. The predicted octanol–water partition coefficient (Wildman–Crippen LogP) is 6.91. The quantitative estimate of drug-likeness (QED) is 0.0933. The number of fused-ring (bicyclic) bond motifs is 1. The van der Waals surface area contributed by atoms with Gasteiger partial charge < -0.3 is 29.2 Å². The van der Waals surface area contributed by atoms with E-state index in [0.717, 1.165) is 56.5 Å². The van der Waals surface area contributed by atoms with Gasteiger partial charge in [0.2, 0.25) is 0 Å². The number of likely N-dealkylation sites (N-methyl/N-ethyl adjacent to an activating group) is 1. The number of ether oxygens (including phenoxy) is 2. The second-order valence-electron chi connectivity index (χ2n) is 14.6. The van der Waals surface area contributed by atoms with Gasteiger partial charge in [0.05, 0.1) is 34.4 Å². The van der Waals surface area contributed by atoms with Crippen molar-refractivity contribution in [2.24, 2.45) is 0 Å². The van der Waals surface area contributed by atoms with Crippen molar-refractivity contribution in [3.63, 3.8) is 0 Å². The fourth-order valence-electron chi connectivity index (χ4n) is 6.63. The molecule has 0 spiro atoms. The second kappa shape index (κ2) is 18.0. The van der Waals surface area contributed by atoms with Crippen molar-refractivity contribution < 1.29 is 24.5 Å². The number of pyridine rings is 1. The molecule has 0 aliphatic heterocycles. The molecule has 0 aliphatic carbocycles. The van der Waals surface area contributed by atoms with Crippen molar-refractivity contribution in [2.75, 3.05) is 27.2 Å². The first kappa shape index (κ1) is 41.5. The maximum absolute atomic E-state index is 12.7. The fraction of sp³-hybridized carbons (Fsp3) is 0.267. The highest BCUT2D eigenvalue weighted by Crippen LogP contribution is 2.37. The largest absolute Gasteiger partial charge is 0.488 e. The molecule has 2 heterocycles. The number of hydrogen-bond acceptors (Lipinski definition) is 10. The molecule has 58 heavy (non-hydrogen) atoms. The normalized spacial score (nSPS) is 12.3. The van der Waals surface area contributed by atoms with E-state index in [2.05, 4.69) is 53.4 Å². The molecule has 298 valence electrons. The van der Waals surface area contributed by atoms with Crippen LogP contribution >= 0.6 is 11.6 Å². The number of carbonyl (C=O) groups is 1.